The Kier molecular flexibility index (Phi) is 24.1. The Morgan fingerprint density at radius 2 is 1.27 bits per heavy atom. The molecule has 264 valence electrons. The van der Waals surface area contributed by atoms with Gasteiger partial charge in [0.1, 0.15) is 30.4 Å². The first-order valence-corrected chi connectivity index (χ1v) is 17.8. The van der Waals surface area contributed by atoms with Crippen molar-refractivity contribution in [1.82, 2.24) is 16.0 Å². The van der Waals surface area contributed by atoms with E-state index in [1.807, 2.05) is 0 Å². The fourth-order valence-electron chi connectivity index (χ4n) is 5.62. The van der Waals surface area contributed by atoms with E-state index in [-0.39, 0.29) is 18.4 Å². The molecule has 1 heterocycles. The van der Waals surface area contributed by atoms with Gasteiger partial charge in [-0.25, -0.2) is 0 Å². The van der Waals surface area contributed by atoms with Crippen LogP contribution in [0.25, 0.3) is 0 Å². The third-order valence-corrected chi connectivity index (χ3v) is 8.42. The molecule has 0 saturated carbocycles. The third kappa shape index (κ3) is 18.8. The molecule has 0 spiro atoms. The van der Waals surface area contributed by atoms with Crippen LogP contribution in [0, 0.1) is 0 Å². The van der Waals surface area contributed by atoms with Gasteiger partial charge in [-0.15, -0.1) is 0 Å². The van der Waals surface area contributed by atoms with E-state index in [2.05, 4.69) is 29.8 Å². The highest BCUT2D eigenvalue weighted by molar-refractivity contribution is 5.87. The highest BCUT2D eigenvalue weighted by Crippen LogP contribution is 2.22. The number of carbonyl (C=O) groups excluding carboxylic acids is 3. The molecule has 1 rings (SSSR count). The predicted octanol–water partition coefficient (Wildman–Crippen LogP) is 4.00. The molecule has 0 aromatic rings. The van der Waals surface area contributed by atoms with Gasteiger partial charge in [0.15, 0.2) is 6.29 Å². The highest BCUT2D eigenvalue weighted by atomic mass is 16.7. The van der Waals surface area contributed by atoms with Crippen LogP contribution in [0.1, 0.15) is 143 Å². The zero-order valence-electron chi connectivity index (χ0n) is 28.4. The normalized spacial score (nSPS) is 22.1. The number of carbonyl (C=O) groups is 3. The SMILES string of the molecule is CCCCCCCCCCCNC(=O)[C@H](CO[C@@H]1O[C@H](CO)[C@@H](O)[C@H](O)[C@H]1NC(C)=O)NC(=O)CCCCCCCCCCC. The molecule has 0 aromatic carbocycles. The largest absolute Gasteiger partial charge is 0.394 e. The molecule has 45 heavy (non-hydrogen) atoms. The van der Waals surface area contributed by atoms with Gasteiger partial charge in [-0.1, -0.05) is 117 Å². The second-order valence-corrected chi connectivity index (χ2v) is 12.6. The second kappa shape index (κ2) is 26.3. The van der Waals surface area contributed by atoms with Crippen LogP contribution >= 0.6 is 0 Å². The number of unbranched alkanes of at least 4 members (excludes halogenated alkanes) is 16. The summed E-state index contributed by atoms with van der Waals surface area (Å²) < 4.78 is 11.5. The average Bonchev–Trinajstić information content (AvgIpc) is 3.02. The van der Waals surface area contributed by atoms with Crippen molar-refractivity contribution in [2.75, 3.05) is 19.8 Å². The molecule has 1 saturated heterocycles. The zero-order valence-corrected chi connectivity index (χ0v) is 28.4. The summed E-state index contributed by atoms with van der Waals surface area (Å²) in [5.41, 5.74) is 0. The number of aliphatic hydroxyl groups is 3. The van der Waals surface area contributed by atoms with Crippen LogP contribution in [-0.4, -0.2) is 89.5 Å². The topological polar surface area (TPSA) is 166 Å². The van der Waals surface area contributed by atoms with Gasteiger partial charge in [0.25, 0.3) is 0 Å². The summed E-state index contributed by atoms with van der Waals surface area (Å²) in [6.07, 6.45) is 15.6. The number of ether oxygens (including phenoxy) is 2. The first-order chi connectivity index (χ1) is 21.7. The van der Waals surface area contributed by atoms with Crippen molar-refractivity contribution in [2.45, 2.75) is 179 Å². The maximum absolute atomic E-state index is 13.2. The molecule has 3 amide bonds. The number of amides is 3. The number of rotatable bonds is 27. The third-order valence-electron chi connectivity index (χ3n) is 8.42. The lowest BCUT2D eigenvalue weighted by Crippen LogP contribution is -2.65. The standard InChI is InChI=1S/C34H65N3O8/c1-4-6-8-10-12-14-16-18-20-22-29(40)37-27(33(43)35-23-21-19-17-15-13-11-9-7-5-2)25-44-34-30(36-26(3)39)32(42)31(41)28(24-38)45-34/h27-28,30-32,34,38,41-42H,4-25H2,1-3H3,(H,35,43)(H,36,39)(H,37,40)/t27-,28+,30+,31+,32+,34+/m0/s1. The van der Waals surface area contributed by atoms with E-state index >= 15 is 0 Å². The molecule has 0 aromatic heterocycles. The van der Waals surface area contributed by atoms with Crippen molar-refractivity contribution >= 4 is 17.7 Å². The fourth-order valence-corrected chi connectivity index (χ4v) is 5.62. The first-order valence-electron chi connectivity index (χ1n) is 17.8. The lowest BCUT2D eigenvalue weighted by atomic mass is 9.97. The molecular weight excluding hydrogens is 578 g/mol. The quantitative estimate of drug-likeness (QED) is 0.0731. The van der Waals surface area contributed by atoms with Gasteiger partial charge in [-0.2, -0.15) is 0 Å². The van der Waals surface area contributed by atoms with Gasteiger partial charge < -0.3 is 40.7 Å². The minimum Gasteiger partial charge on any atom is -0.394 e. The van der Waals surface area contributed by atoms with Crippen LogP contribution < -0.4 is 16.0 Å². The first kappa shape index (κ1) is 41.2. The van der Waals surface area contributed by atoms with Crippen molar-refractivity contribution < 1.29 is 39.2 Å². The van der Waals surface area contributed by atoms with Gasteiger partial charge in [0.05, 0.1) is 13.2 Å². The van der Waals surface area contributed by atoms with E-state index in [9.17, 15) is 29.7 Å². The summed E-state index contributed by atoms with van der Waals surface area (Å²) in [7, 11) is 0. The number of hydrogen-bond acceptors (Lipinski definition) is 8. The highest BCUT2D eigenvalue weighted by Gasteiger charge is 2.45. The van der Waals surface area contributed by atoms with Crippen molar-refractivity contribution in [2.24, 2.45) is 0 Å². The second-order valence-electron chi connectivity index (χ2n) is 12.6. The van der Waals surface area contributed by atoms with Crippen LogP contribution in [-0.2, 0) is 23.9 Å². The Balaban J connectivity index is 2.65. The van der Waals surface area contributed by atoms with E-state index in [1.165, 1.54) is 77.6 Å². The van der Waals surface area contributed by atoms with Crippen molar-refractivity contribution in [3.63, 3.8) is 0 Å². The summed E-state index contributed by atoms with van der Waals surface area (Å²) in [4.78, 5) is 37.7. The molecule has 1 aliphatic heterocycles. The average molecular weight is 644 g/mol. The molecule has 11 heteroatoms. The predicted molar refractivity (Wildman–Crippen MR) is 175 cm³/mol. The van der Waals surface area contributed by atoms with Gasteiger partial charge in [-0.05, 0) is 12.8 Å². The Labute approximate surface area is 272 Å². The van der Waals surface area contributed by atoms with Gasteiger partial charge in [0, 0.05) is 19.9 Å². The summed E-state index contributed by atoms with van der Waals surface area (Å²) >= 11 is 0. The van der Waals surface area contributed by atoms with Crippen molar-refractivity contribution in [1.29, 1.82) is 0 Å². The van der Waals surface area contributed by atoms with Crippen LogP contribution in [0.2, 0.25) is 0 Å². The van der Waals surface area contributed by atoms with E-state index in [0.717, 1.165) is 44.9 Å². The molecule has 0 bridgehead atoms. The monoisotopic (exact) mass is 643 g/mol. The Bertz CT molecular complexity index is 787. The van der Waals surface area contributed by atoms with Crippen LogP contribution in [0.5, 0.6) is 0 Å². The minimum atomic E-state index is -1.47. The lowest BCUT2D eigenvalue weighted by Gasteiger charge is -2.42. The molecule has 6 N–H and O–H groups in total. The molecule has 0 unspecified atom stereocenters. The van der Waals surface area contributed by atoms with Gasteiger partial charge in [-0.3, -0.25) is 14.4 Å². The summed E-state index contributed by atoms with van der Waals surface area (Å²) in [5, 5.41) is 38.6. The molecule has 6 atom stereocenters. The maximum Gasteiger partial charge on any atom is 0.244 e. The fraction of sp³-hybridized carbons (Fsp3) is 0.912. The van der Waals surface area contributed by atoms with E-state index in [0.29, 0.717) is 13.0 Å². The molecule has 1 aliphatic rings. The summed E-state index contributed by atoms with van der Waals surface area (Å²) in [6.45, 7) is 5.29. The van der Waals surface area contributed by atoms with E-state index in [1.54, 1.807) is 0 Å². The maximum atomic E-state index is 13.2. The number of aliphatic hydroxyl groups excluding tert-OH is 3. The van der Waals surface area contributed by atoms with E-state index in [4.69, 9.17) is 9.47 Å². The molecular formula is C34H65N3O8. The molecule has 0 aliphatic carbocycles. The molecule has 0 radical (unpaired) electrons. The van der Waals surface area contributed by atoms with Crippen LogP contribution in [0.15, 0.2) is 0 Å². The van der Waals surface area contributed by atoms with Crippen LogP contribution in [0.4, 0.5) is 0 Å². The lowest BCUT2D eigenvalue weighted by molar-refractivity contribution is -0.271. The van der Waals surface area contributed by atoms with Crippen molar-refractivity contribution in [3.8, 4) is 0 Å². The van der Waals surface area contributed by atoms with Crippen LogP contribution in [0.3, 0.4) is 0 Å². The van der Waals surface area contributed by atoms with Crippen molar-refractivity contribution in [3.05, 3.63) is 0 Å². The Morgan fingerprint density at radius 1 is 0.756 bits per heavy atom. The van der Waals surface area contributed by atoms with E-state index < -0.39 is 49.2 Å². The molecule has 1 fully saturated rings. The Hall–Kier alpha value is -1.79. The number of nitrogens with one attached hydrogen (secondary N) is 3. The Morgan fingerprint density at radius 3 is 1.78 bits per heavy atom. The smallest absolute Gasteiger partial charge is 0.244 e. The van der Waals surface area contributed by atoms with Gasteiger partial charge >= 0.3 is 0 Å². The van der Waals surface area contributed by atoms with Gasteiger partial charge in [0.2, 0.25) is 17.7 Å². The number of hydrogen-bond donors (Lipinski definition) is 6. The zero-order chi connectivity index (χ0) is 33.3. The minimum absolute atomic E-state index is 0.253. The summed E-state index contributed by atoms with van der Waals surface area (Å²) in [6, 6.07) is -2.16. The molecule has 11 nitrogen and oxygen atoms in total. The summed E-state index contributed by atoms with van der Waals surface area (Å²) in [5.74, 6) is -1.12.